The van der Waals surface area contributed by atoms with E-state index in [1.54, 1.807) is 18.6 Å². The van der Waals surface area contributed by atoms with Gasteiger partial charge in [-0.05, 0) is 18.2 Å². The smallest absolute Gasteiger partial charge is 0.142 e. The van der Waals surface area contributed by atoms with Crippen molar-refractivity contribution in [3.05, 3.63) is 42.6 Å². The fourth-order valence-electron chi connectivity index (χ4n) is 1.18. The Kier molecular flexibility index (Phi) is 6.56. The van der Waals surface area contributed by atoms with Gasteiger partial charge in [0, 0.05) is 24.2 Å². The Morgan fingerprint density at radius 2 is 1.69 bits per heavy atom. The molecule has 2 heterocycles. The Balaban J connectivity index is 0.00000112. The molecule has 0 bridgehead atoms. The lowest BCUT2D eigenvalue weighted by Crippen LogP contribution is -2.02. The summed E-state index contributed by atoms with van der Waals surface area (Å²) >= 11 is 0. The van der Waals surface area contributed by atoms with Gasteiger partial charge in [0.05, 0.1) is 12.2 Å². The maximum absolute atomic E-state index is 5.46. The van der Waals surface area contributed by atoms with E-state index < -0.39 is 0 Å². The van der Waals surface area contributed by atoms with Crippen LogP contribution in [0.25, 0.3) is 11.3 Å². The molecule has 0 aliphatic rings. The lowest BCUT2D eigenvalue weighted by atomic mass is 10.2. The summed E-state index contributed by atoms with van der Waals surface area (Å²) in [6, 6.07) is 5.67. The third kappa shape index (κ3) is 3.41. The van der Waals surface area contributed by atoms with E-state index in [0.717, 1.165) is 11.3 Å². The first-order chi connectivity index (χ1) is 6.90. The van der Waals surface area contributed by atoms with E-state index in [1.807, 2.05) is 18.2 Å². The molecule has 0 spiro atoms. The quantitative estimate of drug-likeness (QED) is 0.893. The predicted molar refractivity (Wildman–Crippen MR) is 67.7 cm³/mol. The maximum atomic E-state index is 5.46. The van der Waals surface area contributed by atoms with Crippen LogP contribution in [0.4, 0.5) is 0 Å². The number of halogens is 2. The first-order valence-electron chi connectivity index (χ1n) is 4.32. The van der Waals surface area contributed by atoms with Crippen LogP contribution in [0.1, 0.15) is 5.82 Å². The summed E-state index contributed by atoms with van der Waals surface area (Å²) in [6.45, 7) is 0.360. The van der Waals surface area contributed by atoms with E-state index >= 15 is 0 Å². The molecular weight excluding hydrogens is 247 g/mol. The molecule has 4 nitrogen and oxygen atoms in total. The van der Waals surface area contributed by atoms with Crippen molar-refractivity contribution < 1.29 is 0 Å². The minimum atomic E-state index is 0. The summed E-state index contributed by atoms with van der Waals surface area (Å²) in [5.74, 6) is 0.652. The van der Waals surface area contributed by atoms with Crippen LogP contribution in [0.15, 0.2) is 36.8 Å². The summed E-state index contributed by atoms with van der Waals surface area (Å²) in [5.41, 5.74) is 7.36. The van der Waals surface area contributed by atoms with Crippen LogP contribution >= 0.6 is 24.8 Å². The van der Waals surface area contributed by atoms with E-state index in [1.165, 1.54) is 0 Å². The van der Waals surface area contributed by atoms with Crippen molar-refractivity contribution in [2.45, 2.75) is 6.54 Å². The Morgan fingerprint density at radius 3 is 2.31 bits per heavy atom. The highest BCUT2D eigenvalue weighted by Crippen LogP contribution is 2.14. The second-order valence-corrected chi connectivity index (χ2v) is 2.80. The molecule has 2 aromatic rings. The topological polar surface area (TPSA) is 64.7 Å². The molecule has 0 unspecified atom stereocenters. The average molecular weight is 259 g/mol. The van der Waals surface area contributed by atoms with Gasteiger partial charge in [-0.25, -0.2) is 9.97 Å². The normalized spacial score (nSPS) is 8.81. The molecule has 86 valence electrons. The Bertz CT molecular complexity index is 422. The van der Waals surface area contributed by atoms with Gasteiger partial charge in [0.25, 0.3) is 0 Å². The van der Waals surface area contributed by atoms with Gasteiger partial charge in [0.2, 0.25) is 0 Å². The first-order valence-corrected chi connectivity index (χ1v) is 4.32. The zero-order valence-corrected chi connectivity index (χ0v) is 10.0. The van der Waals surface area contributed by atoms with Gasteiger partial charge in [-0.15, -0.1) is 24.8 Å². The molecule has 0 saturated heterocycles. The molecule has 2 rings (SSSR count). The molecule has 6 heteroatoms. The minimum absolute atomic E-state index is 0. The highest BCUT2D eigenvalue weighted by atomic mass is 35.5. The molecular formula is C10H12Cl2N4. The van der Waals surface area contributed by atoms with E-state index in [0.29, 0.717) is 12.4 Å². The molecule has 0 aromatic carbocycles. The number of nitrogens with zero attached hydrogens (tertiary/aromatic N) is 3. The van der Waals surface area contributed by atoms with E-state index in [2.05, 4.69) is 15.0 Å². The van der Waals surface area contributed by atoms with Gasteiger partial charge in [-0.3, -0.25) is 4.98 Å². The monoisotopic (exact) mass is 258 g/mol. The Morgan fingerprint density at radius 1 is 1.00 bits per heavy atom. The zero-order chi connectivity index (χ0) is 9.80. The SMILES string of the molecule is Cl.Cl.NCc1nccc(-c2ccncc2)n1. The van der Waals surface area contributed by atoms with Crippen LogP contribution in [0.3, 0.4) is 0 Å². The van der Waals surface area contributed by atoms with Crippen LogP contribution in [-0.4, -0.2) is 15.0 Å². The van der Waals surface area contributed by atoms with Gasteiger partial charge in [-0.2, -0.15) is 0 Å². The van der Waals surface area contributed by atoms with Crippen LogP contribution in [0.5, 0.6) is 0 Å². The van der Waals surface area contributed by atoms with Gasteiger partial charge >= 0.3 is 0 Å². The number of rotatable bonds is 2. The van der Waals surface area contributed by atoms with Crippen LogP contribution < -0.4 is 5.73 Å². The van der Waals surface area contributed by atoms with Gasteiger partial charge in [-0.1, -0.05) is 0 Å². The third-order valence-electron chi connectivity index (χ3n) is 1.86. The van der Waals surface area contributed by atoms with Crippen molar-refractivity contribution in [3.63, 3.8) is 0 Å². The number of pyridine rings is 1. The Hall–Kier alpha value is -1.23. The van der Waals surface area contributed by atoms with E-state index in [-0.39, 0.29) is 24.8 Å². The number of aromatic nitrogens is 3. The summed E-state index contributed by atoms with van der Waals surface area (Å²) in [7, 11) is 0. The zero-order valence-electron chi connectivity index (χ0n) is 8.41. The molecule has 0 radical (unpaired) electrons. The van der Waals surface area contributed by atoms with Crippen molar-refractivity contribution in [1.82, 2.24) is 15.0 Å². The molecule has 16 heavy (non-hydrogen) atoms. The van der Waals surface area contributed by atoms with E-state index in [9.17, 15) is 0 Å². The second kappa shape index (κ2) is 7.11. The van der Waals surface area contributed by atoms with Crippen molar-refractivity contribution >= 4 is 24.8 Å². The molecule has 0 aliphatic carbocycles. The fourth-order valence-corrected chi connectivity index (χ4v) is 1.18. The summed E-state index contributed by atoms with van der Waals surface area (Å²) in [5, 5.41) is 0. The molecule has 0 aliphatic heterocycles. The molecule has 0 fully saturated rings. The lowest BCUT2D eigenvalue weighted by molar-refractivity contribution is 0.912. The molecule has 2 N–H and O–H groups in total. The van der Waals surface area contributed by atoms with Gasteiger partial charge in [0.1, 0.15) is 5.82 Å². The number of hydrogen-bond donors (Lipinski definition) is 1. The largest absolute Gasteiger partial charge is 0.324 e. The highest BCUT2D eigenvalue weighted by Gasteiger charge is 1.99. The van der Waals surface area contributed by atoms with Crippen LogP contribution in [-0.2, 0) is 6.54 Å². The summed E-state index contributed by atoms with van der Waals surface area (Å²) in [6.07, 6.45) is 5.18. The third-order valence-corrected chi connectivity index (χ3v) is 1.86. The van der Waals surface area contributed by atoms with Crippen molar-refractivity contribution in [2.24, 2.45) is 5.73 Å². The van der Waals surface area contributed by atoms with Crippen LogP contribution in [0, 0.1) is 0 Å². The van der Waals surface area contributed by atoms with Gasteiger partial charge < -0.3 is 5.73 Å². The Labute approximate surface area is 106 Å². The molecule has 0 saturated carbocycles. The highest BCUT2D eigenvalue weighted by molar-refractivity contribution is 5.85. The maximum Gasteiger partial charge on any atom is 0.142 e. The molecule has 0 amide bonds. The van der Waals surface area contributed by atoms with Gasteiger partial charge in [0.15, 0.2) is 0 Å². The second-order valence-electron chi connectivity index (χ2n) is 2.80. The average Bonchev–Trinajstić information content (AvgIpc) is 2.30. The lowest BCUT2D eigenvalue weighted by Gasteiger charge is -2.01. The predicted octanol–water partition coefficient (Wildman–Crippen LogP) is 1.84. The molecule has 0 atom stereocenters. The van der Waals surface area contributed by atoms with Crippen molar-refractivity contribution in [2.75, 3.05) is 0 Å². The standard InChI is InChI=1S/C10H10N4.2ClH/c11-7-10-13-6-3-9(14-10)8-1-4-12-5-2-8;;/h1-6H,7,11H2;2*1H. The number of nitrogens with two attached hydrogens (primary N) is 1. The van der Waals surface area contributed by atoms with Crippen molar-refractivity contribution in [1.29, 1.82) is 0 Å². The summed E-state index contributed by atoms with van der Waals surface area (Å²) in [4.78, 5) is 12.3. The minimum Gasteiger partial charge on any atom is -0.324 e. The van der Waals surface area contributed by atoms with E-state index in [4.69, 9.17) is 5.73 Å². The van der Waals surface area contributed by atoms with Crippen molar-refractivity contribution in [3.8, 4) is 11.3 Å². The first kappa shape index (κ1) is 14.8. The summed E-state index contributed by atoms with van der Waals surface area (Å²) < 4.78 is 0. The number of hydrogen-bond acceptors (Lipinski definition) is 4. The molecule has 2 aromatic heterocycles. The van der Waals surface area contributed by atoms with Crippen LogP contribution in [0.2, 0.25) is 0 Å². The fraction of sp³-hybridized carbons (Fsp3) is 0.100.